The number of hydrogen-bond donors (Lipinski definition) is 1. The van der Waals surface area contributed by atoms with E-state index in [1.165, 1.54) is 0 Å². The van der Waals surface area contributed by atoms with Crippen LogP contribution in [0.25, 0.3) is 0 Å². The minimum absolute atomic E-state index is 0.0473. The quantitative estimate of drug-likeness (QED) is 0.884. The summed E-state index contributed by atoms with van der Waals surface area (Å²) in [6.07, 6.45) is 2.36. The number of hydrogen-bond acceptors (Lipinski definition) is 5. The van der Waals surface area contributed by atoms with Crippen LogP contribution in [0.5, 0.6) is 11.5 Å². The summed E-state index contributed by atoms with van der Waals surface area (Å²) in [6.45, 7) is 2.70. The van der Waals surface area contributed by atoms with Gasteiger partial charge in [0.25, 0.3) is 0 Å². The highest BCUT2D eigenvalue weighted by atomic mass is 16.6. The first-order valence-corrected chi connectivity index (χ1v) is 8.80. The fraction of sp³-hybridized carbons (Fsp3) is 0.556. The van der Waals surface area contributed by atoms with E-state index in [0.29, 0.717) is 37.8 Å². The first-order valence-electron chi connectivity index (χ1n) is 8.80. The summed E-state index contributed by atoms with van der Waals surface area (Å²) in [4.78, 5) is 26.4. The Kier molecular flexibility index (Phi) is 4.48. The summed E-state index contributed by atoms with van der Waals surface area (Å²) < 4.78 is 16.6. The second-order valence-corrected chi connectivity index (χ2v) is 6.61. The van der Waals surface area contributed by atoms with Gasteiger partial charge >= 0.3 is 0 Å². The van der Waals surface area contributed by atoms with Crippen molar-refractivity contribution in [2.75, 3.05) is 37.8 Å². The number of nitrogens with zero attached hydrogens (tertiary/aromatic N) is 1. The Hall–Kier alpha value is -2.28. The van der Waals surface area contributed by atoms with Crippen molar-refractivity contribution in [2.45, 2.75) is 25.4 Å². The Balaban J connectivity index is 1.39. The van der Waals surface area contributed by atoms with Crippen molar-refractivity contribution in [3.05, 3.63) is 18.2 Å². The third-order valence-electron chi connectivity index (χ3n) is 4.86. The van der Waals surface area contributed by atoms with Crippen molar-refractivity contribution < 1.29 is 23.8 Å². The normalized spacial score (nSPS) is 25.3. The minimum Gasteiger partial charge on any atom is -0.486 e. The smallest absolute Gasteiger partial charge is 0.227 e. The largest absolute Gasteiger partial charge is 0.486 e. The summed E-state index contributed by atoms with van der Waals surface area (Å²) in [6, 6.07) is 5.44. The first kappa shape index (κ1) is 16.2. The molecule has 2 fully saturated rings. The number of ether oxygens (including phenoxy) is 3. The number of benzene rings is 1. The van der Waals surface area contributed by atoms with E-state index in [4.69, 9.17) is 14.2 Å². The molecule has 0 aromatic heterocycles. The summed E-state index contributed by atoms with van der Waals surface area (Å²) in [5.41, 5.74) is 0.740. The van der Waals surface area contributed by atoms with Crippen LogP contribution in [0.4, 0.5) is 5.69 Å². The van der Waals surface area contributed by atoms with Gasteiger partial charge in [0.15, 0.2) is 11.5 Å². The van der Waals surface area contributed by atoms with Gasteiger partial charge in [-0.3, -0.25) is 9.59 Å². The van der Waals surface area contributed by atoms with Gasteiger partial charge in [-0.05, 0) is 25.0 Å². The average Bonchev–Trinajstić information content (AvgIpc) is 3.29. The lowest BCUT2D eigenvalue weighted by atomic mass is 10.1. The number of carbonyl (C=O) groups excluding carboxylic acids is 2. The van der Waals surface area contributed by atoms with Crippen molar-refractivity contribution >= 4 is 17.5 Å². The van der Waals surface area contributed by atoms with E-state index in [9.17, 15) is 9.59 Å². The van der Waals surface area contributed by atoms with Crippen LogP contribution in [0.3, 0.4) is 0 Å². The van der Waals surface area contributed by atoms with Gasteiger partial charge in [0.2, 0.25) is 11.8 Å². The van der Waals surface area contributed by atoms with Crippen LogP contribution in [-0.4, -0.2) is 50.8 Å². The molecule has 0 aliphatic carbocycles. The fourth-order valence-electron chi connectivity index (χ4n) is 3.50. The lowest BCUT2D eigenvalue weighted by molar-refractivity contribution is -0.126. The summed E-state index contributed by atoms with van der Waals surface area (Å²) in [5, 5.41) is 2.92. The lowest BCUT2D eigenvalue weighted by Crippen LogP contribution is -2.37. The number of carbonyl (C=O) groups is 2. The molecule has 3 aliphatic heterocycles. The molecule has 7 heteroatoms. The van der Waals surface area contributed by atoms with Crippen LogP contribution in [0, 0.1) is 5.92 Å². The topological polar surface area (TPSA) is 77.1 Å². The maximum atomic E-state index is 12.4. The highest BCUT2D eigenvalue weighted by Gasteiger charge is 2.35. The van der Waals surface area contributed by atoms with Crippen molar-refractivity contribution in [3.8, 4) is 11.5 Å². The van der Waals surface area contributed by atoms with Gasteiger partial charge in [-0.1, -0.05) is 0 Å². The van der Waals surface area contributed by atoms with Crippen molar-refractivity contribution in [1.29, 1.82) is 0 Å². The Bertz CT molecular complexity index is 671. The molecule has 0 bridgehead atoms. The van der Waals surface area contributed by atoms with Gasteiger partial charge in [-0.15, -0.1) is 0 Å². The average molecular weight is 346 g/mol. The molecule has 1 aromatic rings. The first-order chi connectivity index (χ1) is 12.2. The van der Waals surface area contributed by atoms with Crippen LogP contribution in [0.15, 0.2) is 18.2 Å². The lowest BCUT2D eigenvalue weighted by Gasteiger charge is -2.22. The van der Waals surface area contributed by atoms with E-state index >= 15 is 0 Å². The van der Waals surface area contributed by atoms with Crippen LogP contribution >= 0.6 is 0 Å². The summed E-state index contributed by atoms with van der Waals surface area (Å²) >= 11 is 0. The van der Waals surface area contributed by atoms with Gasteiger partial charge in [0.05, 0.1) is 12.0 Å². The fourth-order valence-corrected chi connectivity index (χ4v) is 3.50. The Morgan fingerprint density at radius 2 is 2.04 bits per heavy atom. The monoisotopic (exact) mass is 346 g/mol. The molecule has 0 saturated carbocycles. The summed E-state index contributed by atoms with van der Waals surface area (Å²) in [5.74, 6) is 0.871. The number of nitrogens with one attached hydrogen (secondary N) is 1. The molecule has 2 atom stereocenters. The van der Waals surface area contributed by atoms with Gasteiger partial charge in [-0.25, -0.2) is 0 Å². The molecule has 3 aliphatic rings. The number of anilines is 1. The van der Waals surface area contributed by atoms with Crippen molar-refractivity contribution in [1.82, 2.24) is 5.32 Å². The molecule has 1 N–H and O–H groups in total. The molecule has 2 amide bonds. The molecule has 134 valence electrons. The zero-order chi connectivity index (χ0) is 17.2. The van der Waals surface area contributed by atoms with E-state index < -0.39 is 0 Å². The molecule has 0 unspecified atom stereocenters. The summed E-state index contributed by atoms with van der Waals surface area (Å²) in [7, 11) is 0. The third kappa shape index (κ3) is 3.42. The molecule has 4 rings (SSSR count). The second-order valence-electron chi connectivity index (χ2n) is 6.61. The maximum Gasteiger partial charge on any atom is 0.227 e. The highest BCUT2D eigenvalue weighted by molar-refractivity contribution is 6.00. The molecule has 25 heavy (non-hydrogen) atoms. The molecule has 7 nitrogen and oxygen atoms in total. The maximum absolute atomic E-state index is 12.4. The van der Waals surface area contributed by atoms with Gasteiger partial charge in [0, 0.05) is 37.9 Å². The number of rotatable bonds is 4. The zero-order valence-corrected chi connectivity index (χ0v) is 14.0. The molecule has 2 saturated heterocycles. The van der Waals surface area contributed by atoms with Crippen LogP contribution < -0.4 is 19.7 Å². The van der Waals surface area contributed by atoms with Crippen LogP contribution in [0.1, 0.15) is 19.3 Å². The zero-order valence-electron chi connectivity index (χ0n) is 14.0. The number of fused-ring (bicyclic) bond motifs is 1. The van der Waals surface area contributed by atoms with E-state index in [2.05, 4.69) is 5.32 Å². The van der Waals surface area contributed by atoms with E-state index in [-0.39, 0.29) is 30.3 Å². The van der Waals surface area contributed by atoms with Gasteiger partial charge in [0.1, 0.15) is 13.2 Å². The molecular formula is C18H22N2O5. The highest BCUT2D eigenvalue weighted by Crippen LogP contribution is 2.35. The van der Waals surface area contributed by atoms with Crippen molar-refractivity contribution in [2.24, 2.45) is 5.92 Å². The molecule has 3 heterocycles. The van der Waals surface area contributed by atoms with Crippen LogP contribution in [0.2, 0.25) is 0 Å². The Labute approximate surface area is 146 Å². The Morgan fingerprint density at radius 1 is 1.20 bits per heavy atom. The van der Waals surface area contributed by atoms with E-state index in [0.717, 1.165) is 25.1 Å². The SMILES string of the molecule is O=C(NC[C@H]1CCCO1)[C@H]1CC(=O)N(c2ccc3c(c2)OCCO3)C1. The third-order valence-corrected chi connectivity index (χ3v) is 4.86. The molecule has 0 spiro atoms. The second kappa shape index (κ2) is 6.92. The predicted octanol–water partition coefficient (Wildman–Crippen LogP) is 1.11. The van der Waals surface area contributed by atoms with Gasteiger partial charge < -0.3 is 24.4 Å². The molecule has 1 aromatic carbocycles. The predicted molar refractivity (Wildman–Crippen MR) is 89.9 cm³/mol. The molecule has 0 radical (unpaired) electrons. The van der Waals surface area contributed by atoms with Crippen molar-refractivity contribution in [3.63, 3.8) is 0 Å². The number of amides is 2. The standard InChI is InChI=1S/C18H22N2O5/c21-17-8-12(18(22)19-10-14-2-1-5-23-14)11-20(17)13-3-4-15-16(9-13)25-7-6-24-15/h3-4,9,12,14H,1-2,5-8,10-11H2,(H,19,22)/t12-,14+/m0/s1. The van der Waals surface area contributed by atoms with Crippen LogP contribution in [-0.2, 0) is 14.3 Å². The minimum atomic E-state index is -0.331. The van der Waals surface area contributed by atoms with Gasteiger partial charge in [-0.2, -0.15) is 0 Å². The van der Waals surface area contributed by atoms with E-state index in [1.807, 2.05) is 12.1 Å². The van der Waals surface area contributed by atoms with E-state index in [1.54, 1.807) is 11.0 Å². The Morgan fingerprint density at radius 3 is 2.84 bits per heavy atom. The molecular weight excluding hydrogens is 324 g/mol.